The number of rotatable bonds is 7. The Hall–Kier alpha value is -1.98. The van der Waals surface area contributed by atoms with Crippen LogP contribution in [0.2, 0.25) is 0 Å². The maximum atomic E-state index is 13.3. The number of carbonyl (C=O) groups excluding carboxylic acids is 2. The number of amides is 2. The van der Waals surface area contributed by atoms with Crippen molar-refractivity contribution in [2.45, 2.75) is 32.6 Å². The van der Waals surface area contributed by atoms with Crippen LogP contribution in [0.5, 0.6) is 0 Å². The smallest absolute Gasteiger partial charge is 0.224 e. The number of anilines is 1. The first kappa shape index (κ1) is 16.1. The molecule has 4 nitrogen and oxygen atoms in total. The normalized spacial score (nSPS) is 10.2. The van der Waals surface area contributed by atoms with Gasteiger partial charge in [0.25, 0.3) is 0 Å². The zero-order valence-corrected chi connectivity index (χ0v) is 11.3. The lowest BCUT2D eigenvalue weighted by molar-refractivity contribution is -0.119. The third-order valence-electron chi connectivity index (χ3n) is 2.66. The van der Waals surface area contributed by atoms with Crippen LogP contribution in [0.15, 0.2) is 18.2 Å². The van der Waals surface area contributed by atoms with Gasteiger partial charge < -0.3 is 10.6 Å². The second kappa shape index (κ2) is 8.24. The van der Waals surface area contributed by atoms with Crippen LogP contribution in [0, 0.1) is 11.6 Å². The van der Waals surface area contributed by atoms with E-state index in [2.05, 4.69) is 10.6 Å². The van der Waals surface area contributed by atoms with Crippen LogP contribution in [-0.4, -0.2) is 18.4 Å². The van der Waals surface area contributed by atoms with Crippen molar-refractivity contribution in [3.63, 3.8) is 0 Å². The van der Waals surface area contributed by atoms with Crippen molar-refractivity contribution in [2.75, 3.05) is 11.9 Å². The monoisotopic (exact) mass is 284 g/mol. The van der Waals surface area contributed by atoms with E-state index in [1.54, 1.807) is 0 Å². The zero-order valence-electron chi connectivity index (χ0n) is 11.3. The number of unbranched alkanes of at least 4 members (excludes halogenated alkanes) is 2. The van der Waals surface area contributed by atoms with E-state index in [4.69, 9.17) is 0 Å². The number of halogens is 2. The highest BCUT2D eigenvalue weighted by Crippen LogP contribution is 2.15. The van der Waals surface area contributed by atoms with Gasteiger partial charge in [-0.05, 0) is 25.0 Å². The molecule has 0 aliphatic carbocycles. The van der Waals surface area contributed by atoms with Crippen molar-refractivity contribution in [2.24, 2.45) is 0 Å². The van der Waals surface area contributed by atoms with E-state index in [9.17, 15) is 18.4 Å². The van der Waals surface area contributed by atoms with Crippen molar-refractivity contribution in [1.82, 2.24) is 5.32 Å². The predicted octanol–water partition coefficient (Wildman–Crippen LogP) is 2.60. The molecule has 20 heavy (non-hydrogen) atoms. The van der Waals surface area contributed by atoms with Gasteiger partial charge in [-0.1, -0.05) is 6.42 Å². The Morgan fingerprint density at radius 1 is 1.15 bits per heavy atom. The fourth-order valence-corrected chi connectivity index (χ4v) is 1.66. The number of hydrogen-bond donors (Lipinski definition) is 2. The predicted molar refractivity (Wildman–Crippen MR) is 72.1 cm³/mol. The van der Waals surface area contributed by atoms with Gasteiger partial charge in [-0.3, -0.25) is 9.59 Å². The summed E-state index contributed by atoms with van der Waals surface area (Å²) in [5.41, 5.74) is -0.0188. The van der Waals surface area contributed by atoms with Gasteiger partial charge in [0, 0.05) is 26.0 Å². The highest BCUT2D eigenvalue weighted by Gasteiger charge is 2.07. The summed E-state index contributed by atoms with van der Waals surface area (Å²) in [6.07, 6.45) is 2.49. The average Bonchev–Trinajstić information content (AvgIpc) is 2.36. The lowest BCUT2D eigenvalue weighted by Gasteiger charge is -2.06. The van der Waals surface area contributed by atoms with E-state index in [-0.39, 0.29) is 23.9 Å². The summed E-state index contributed by atoms with van der Waals surface area (Å²) in [5.74, 6) is -1.85. The topological polar surface area (TPSA) is 58.2 Å². The van der Waals surface area contributed by atoms with Crippen LogP contribution in [0.4, 0.5) is 14.5 Å². The number of carbonyl (C=O) groups is 2. The summed E-state index contributed by atoms with van der Waals surface area (Å²) in [6.45, 7) is 2.04. The molecule has 0 saturated heterocycles. The molecule has 0 fully saturated rings. The summed E-state index contributed by atoms with van der Waals surface area (Å²) in [4.78, 5) is 22.2. The SMILES string of the molecule is CC(=O)NCCCCCC(=O)Nc1ccc(F)cc1F. The van der Waals surface area contributed by atoms with Gasteiger partial charge >= 0.3 is 0 Å². The minimum absolute atomic E-state index is 0.0188. The van der Waals surface area contributed by atoms with Gasteiger partial charge in [-0.25, -0.2) is 8.78 Å². The van der Waals surface area contributed by atoms with Crippen LogP contribution < -0.4 is 10.6 Å². The van der Waals surface area contributed by atoms with Crippen LogP contribution in [0.3, 0.4) is 0 Å². The Kier molecular flexibility index (Phi) is 6.63. The fourth-order valence-electron chi connectivity index (χ4n) is 1.66. The maximum Gasteiger partial charge on any atom is 0.224 e. The molecule has 6 heteroatoms. The molecule has 2 N–H and O–H groups in total. The lowest BCUT2D eigenvalue weighted by Crippen LogP contribution is -2.20. The number of hydrogen-bond acceptors (Lipinski definition) is 2. The summed E-state index contributed by atoms with van der Waals surface area (Å²) >= 11 is 0. The Labute approximate surface area is 116 Å². The van der Waals surface area contributed by atoms with E-state index >= 15 is 0 Å². The molecule has 2 amide bonds. The largest absolute Gasteiger partial charge is 0.356 e. The van der Waals surface area contributed by atoms with E-state index < -0.39 is 11.6 Å². The van der Waals surface area contributed by atoms with E-state index in [1.807, 2.05) is 0 Å². The first-order valence-corrected chi connectivity index (χ1v) is 6.48. The van der Waals surface area contributed by atoms with Gasteiger partial charge in [0.2, 0.25) is 11.8 Å². The second-order valence-corrected chi connectivity index (χ2v) is 4.47. The third-order valence-corrected chi connectivity index (χ3v) is 2.66. The molecule has 110 valence electrons. The van der Waals surface area contributed by atoms with Gasteiger partial charge in [-0.2, -0.15) is 0 Å². The van der Waals surface area contributed by atoms with Gasteiger partial charge in [-0.15, -0.1) is 0 Å². The molecule has 0 radical (unpaired) electrons. The van der Waals surface area contributed by atoms with Crippen LogP contribution in [-0.2, 0) is 9.59 Å². The summed E-state index contributed by atoms with van der Waals surface area (Å²) in [7, 11) is 0. The molecular weight excluding hydrogens is 266 g/mol. The van der Waals surface area contributed by atoms with Crippen molar-refractivity contribution >= 4 is 17.5 Å². The quantitative estimate of drug-likeness (QED) is 0.756. The van der Waals surface area contributed by atoms with Crippen molar-refractivity contribution < 1.29 is 18.4 Å². The Morgan fingerprint density at radius 2 is 1.90 bits per heavy atom. The van der Waals surface area contributed by atoms with E-state index in [0.29, 0.717) is 13.0 Å². The fraction of sp³-hybridized carbons (Fsp3) is 0.429. The molecule has 0 bridgehead atoms. The Balaban J connectivity index is 2.22. The van der Waals surface area contributed by atoms with Gasteiger partial charge in [0.1, 0.15) is 11.6 Å². The maximum absolute atomic E-state index is 13.3. The first-order chi connectivity index (χ1) is 9.49. The number of benzene rings is 1. The Morgan fingerprint density at radius 3 is 2.55 bits per heavy atom. The molecule has 0 heterocycles. The second-order valence-electron chi connectivity index (χ2n) is 4.47. The molecule has 0 spiro atoms. The van der Waals surface area contributed by atoms with Crippen LogP contribution in [0.1, 0.15) is 32.6 Å². The van der Waals surface area contributed by atoms with Crippen molar-refractivity contribution in [1.29, 1.82) is 0 Å². The minimum atomic E-state index is -0.788. The minimum Gasteiger partial charge on any atom is -0.356 e. The molecular formula is C14H18F2N2O2. The summed E-state index contributed by atoms with van der Waals surface area (Å²) in [5, 5.41) is 5.06. The first-order valence-electron chi connectivity index (χ1n) is 6.48. The van der Waals surface area contributed by atoms with E-state index in [0.717, 1.165) is 25.0 Å². The Bertz CT molecular complexity index is 478. The van der Waals surface area contributed by atoms with Crippen molar-refractivity contribution in [3.05, 3.63) is 29.8 Å². The van der Waals surface area contributed by atoms with Crippen LogP contribution >= 0.6 is 0 Å². The van der Waals surface area contributed by atoms with E-state index in [1.165, 1.54) is 13.0 Å². The van der Waals surface area contributed by atoms with Gasteiger partial charge in [0.15, 0.2) is 0 Å². The molecule has 1 rings (SSSR count). The molecule has 0 unspecified atom stereocenters. The zero-order chi connectivity index (χ0) is 15.0. The van der Waals surface area contributed by atoms with Crippen LogP contribution in [0.25, 0.3) is 0 Å². The third kappa shape index (κ3) is 6.26. The molecule has 0 aromatic heterocycles. The molecule has 0 aliphatic heterocycles. The standard InChI is InChI=1S/C14H18F2N2O2/c1-10(19)17-8-4-2-3-5-14(20)18-13-7-6-11(15)9-12(13)16/h6-7,9H,2-5,8H2,1H3,(H,17,19)(H,18,20). The molecule has 0 aliphatic rings. The average molecular weight is 284 g/mol. The highest BCUT2D eigenvalue weighted by molar-refractivity contribution is 5.90. The number of nitrogens with one attached hydrogen (secondary N) is 2. The molecule has 0 atom stereocenters. The molecule has 1 aromatic carbocycles. The molecule has 0 saturated carbocycles. The summed E-state index contributed by atoms with van der Waals surface area (Å²) in [6, 6.07) is 3.01. The summed E-state index contributed by atoms with van der Waals surface area (Å²) < 4.78 is 26.0. The van der Waals surface area contributed by atoms with Crippen molar-refractivity contribution in [3.8, 4) is 0 Å². The molecule has 1 aromatic rings. The lowest BCUT2D eigenvalue weighted by atomic mass is 10.2. The highest BCUT2D eigenvalue weighted by atomic mass is 19.1. The van der Waals surface area contributed by atoms with Gasteiger partial charge in [0.05, 0.1) is 5.69 Å².